The summed E-state index contributed by atoms with van der Waals surface area (Å²) in [7, 11) is 0. The second kappa shape index (κ2) is 6.27. The summed E-state index contributed by atoms with van der Waals surface area (Å²) >= 11 is 0. The second-order valence-corrected chi connectivity index (χ2v) is 6.33. The molecular weight excluding hydrogens is 248 g/mol. The maximum absolute atomic E-state index is 4.59. The predicted octanol–water partition coefficient (Wildman–Crippen LogP) is 2.32. The van der Waals surface area contributed by atoms with E-state index in [-0.39, 0.29) is 0 Å². The van der Waals surface area contributed by atoms with E-state index in [0.29, 0.717) is 0 Å². The fourth-order valence-electron chi connectivity index (χ4n) is 3.92. The van der Waals surface area contributed by atoms with Gasteiger partial charge in [0.05, 0.1) is 11.4 Å². The van der Waals surface area contributed by atoms with E-state index in [4.69, 9.17) is 0 Å². The third-order valence-electron chi connectivity index (χ3n) is 4.88. The van der Waals surface area contributed by atoms with Gasteiger partial charge in [0, 0.05) is 25.2 Å². The van der Waals surface area contributed by atoms with Crippen molar-refractivity contribution in [2.75, 3.05) is 13.1 Å². The van der Waals surface area contributed by atoms with Crippen molar-refractivity contribution >= 4 is 0 Å². The molecule has 0 aromatic carbocycles. The van der Waals surface area contributed by atoms with Crippen LogP contribution in [0.1, 0.15) is 50.4 Å². The standard InChI is InChI=1S/C16H28N4/c1-3-20-14(11-13(2)18-20)12-19-10-5-4-8-16(19)15-7-6-9-17-15/h11,15-17H,3-10,12H2,1-2H3. The summed E-state index contributed by atoms with van der Waals surface area (Å²) in [6.07, 6.45) is 6.80. The Morgan fingerprint density at radius 1 is 1.30 bits per heavy atom. The van der Waals surface area contributed by atoms with Crippen LogP contribution in [0, 0.1) is 6.92 Å². The Labute approximate surface area is 122 Å². The highest BCUT2D eigenvalue weighted by Gasteiger charge is 2.31. The van der Waals surface area contributed by atoms with Gasteiger partial charge in [0.1, 0.15) is 0 Å². The number of piperidine rings is 1. The number of rotatable bonds is 4. The van der Waals surface area contributed by atoms with E-state index in [9.17, 15) is 0 Å². The summed E-state index contributed by atoms with van der Waals surface area (Å²) in [4.78, 5) is 2.70. The molecule has 1 N–H and O–H groups in total. The Morgan fingerprint density at radius 3 is 2.95 bits per heavy atom. The molecule has 2 fully saturated rings. The van der Waals surface area contributed by atoms with Gasteiger partial charge in [-0.15, -0.1) is 0 Å². The topological polar surface area (TPSA) is 33.1 Å². The minimum absolute atomic E-state index is 0.717. The SMILES string of the molecule is CCn1nc(C)cc1CN1CCCCC1C1CCCN1. The molecule has 2 unspecified atom stereocenters. The van der Waals surface area contributed by atoms with E-state index < -0.39 is 0 Å². The van der Waals surface area contributed by atoms with Gasteiger partial charge < -0.3 is 5.32 Å². The quantitative estimate of drug-likeness (QED) is 0.916. The molecule has 2 aliphatic rings. The maximum Gasteiger partial charge on any atom is 0.0597 e. The highest BCUT2D eigenvalue weighted by Crippen LogP contribution is 2.26. The number of nitrogens with one attached hydrogen (secondary N) is 1. The molecule has 4 heteroatoms. The van der Waals surface area contributed by atoms with Crippen molar-refractivity contribution in [2.45, 2.75) is 71.1 Å². The van der Waals surface area contributed by atoms with Crippen molar-refractivity contribution < 1.29 is 0 Å². The van der Waals surface area contributed by atoms with Gasteiger partial charge in [-0.2, -0.15) is 5.10 Å². The molecular formula is C16H28N4. The largest absolute Gasteiger partial charge is 0.312 e. The molecule has 1 aromatic heterocycles. The summed E-state index contributed by atoms with van der Waals surface area (Å²) in [6, 6.07) is 3.71. The normalized spacial score (nSPS) is 28.1. The zero-order chi connectivity index (χ0) is 13.9. The monoisotopic (exact) mass is 276 g/mol. The van der Waals surface area contributed by atoms with Gasteiger partial charge in [0.25, 0.3) is 0 Å². The van der Waals surface area contributed by atoms with Crippen LogP contribution < -0.4 is 5.32 Å². The molecule has 2 saturated heterocycles. The average molecular weight is 276 g/mol. The fourth-order valence-corrected chi connectivity index (χ4v) is 3.92. The van der Waals surface area contributed by atoms with Crippen molar-refractivity contribution in [3.8, 4) is 0 Å². The van der Waals surface area contributed by atoms with Crippen molar-refractivity contribution in [2.24, 2.45) is 0 Å². The molecule has 20 heavy (non-hydrogen) atoms. The van der Waals surface area contributed by atoms with Gasteiger partial charge in [0.2, 0.25) is 0 Å². The fraction of sp³-hybridized carbons (Fsp3) is 0.812. The second-order valence-electron chi connectivity index (χ2n) is 6.33. The first kappa shape index (κ1) is 14.1. The molecule has 3 rings (SSSR count). The summed E-state index contributed by atoms with van der Waals surface area (Å²) in [5.41, 5.74) is 2.53. The molecule has 0 saturated carbocycles. The molecule has 0 spiro atoms. The number of hydrogen-bond donors (Lipinski definition) is 1. The van der Waals surface area contributed by atoms with Gasteiger partial charge >= 0.3 is 0 Å². The van der Waals surface area contributed by atoms with E-state index in [2.05, 4.69) is 39.9 Å². The molecule has 0 amide bonds. The number of aromatic nitrogens is 2. The van der Waals surface area contributed by atoms with Crippen LogP contribution in [0.4, 0.5) is 0 Å². The lowest BCUT2D eigenvalue weighted by Crippen LogP contribution is -2.49. The molecule has 0 aliphatic carbocycles. The highest BCUT2D eigenvalue weighted by molar-refractivity contribution is 5.09. The first-order valence-electron chi connectivity index (χ1n) is 8.28. The number of nitrogens with zero attached hydrogens (tertiary/aromatic N) is 3. The van der Waals surface area contributed by atoms with Crippen molar-refractivity contribution in [3.05, 3.63) is 17.5 Å². The average Bonchev–Trinajstić information content (AvgIpc) is 3.09. The van der Waals surface area contributed by atoms with Crippen LogP contribution in [-0.2, 0) is 13.1 Å². The van der Waals surface area contributed by atoms with Crippen molar-refractivity contribution in [1.29, 1.82) is 0 Å². The van der Waals surface area contributed by atoms with Crippen LogP contribution in [0.3, 0.4) is 0 Å². The molecule has 2 atom stereocenters. The molecule has 2 aliphatic heterocycles. The third kappa shape index (κ3) is 2.91. The van der Waals surface area contributed by atoms with E-state index in [1.807, 2.05) is 0 Å². The van der Waals surface area contributed by atoms with E-state index in [1.165, 1.54) is 50.9 Å². The first-order valence-corrected chi connectivity index (χ1v) is 8.28. The lowest BCUT2D eigenvalue weighted by Gasteiger charge is -2.39. The first-order chi connectivity index (χ1) is 9.78. The minimum atomic E-state index is 0.717. The van der Waals surface area contributed by atoms with Crippen LogP contribution in [0.15, 0.2) is 6.07 Å². The zero-order valence-corrected chi connectivity index (χ0v) is 12.9. The van der Waals surface area contributed by atoms with Gasteiger partial charge in [-0.1, -0.05) is 6.42 Å². The van der Waals surface area contributed by atoms with Crippen LogP contribution in [0.25, 0.3) is 0 Å². The Morgan fingerprint density at radius 2 is 2.20 bits per heavy atom. The van der Waals surface area contributed by atoms with E-state index >= 15 is 0 Å². The summed E-state index contributed by atoms with van der Waals surface area (Å²) in [5, 5.41) is 8.30. The molecule has 0 bridgehead atoms. The van der Waals surface area contributed by atoms with Gasteiger partial charge in [-0.3, -0.25) is 9.58 Å². The van der Waals surface area contributed by atoms with E-state index in [0.717, 1.165) is 30.9 Å². The summed E-state index contributed by atoms with van der Waals surface area (Å²) in [6.45, 7) is 8.78. The van der Waals surface area contributed by atoms with E-state index in [1.54, 1.807) is 0 Å². The Kier molecular flexibility index (Phi) is 4.41. The van der Waals surface area contributed by atoms with Gasteiger partial charge in [-0.05, 0) is 58.7 Å². The number of likely N-dealkylation sites (tertiary alicyclic amines) is 1. The van der Waals surface area contributed by atoms with Gasteiger partial charge in [0.15, 0.2) is 0 Å². The smallest absolute Gasteiger partial charge is 0.0597 e. The Balaban J connectivity index is 1.72. The number of aryl methyl sites for hydroxylation is 2. The zero-order valence-electron chi connectivity index (χ0n) is 12.9. The van der Waals surface area contributed by atoms with Crippen LogP contribution in [0.2, 0.25) is 0 Å². The summed E-state index contributed by atoms with van der Waals surface area (Å²) in [5.74, 6) is 0. The Hall–Kier alpha value is -0.870. The Bertz CT molecular complexity index is 434. The molecule has 1 aromatic rings. The maximum atomic E-state index is 4.59. The lowest BCUT2D eigenvalue weighted by molar-refractivity contribution is 0.109. The molecule has 112 valence electrons. The molecule has 0 radical (unpaired) electrons. The third-order valence-corrected chi connectivity index (χ3v) is 4.88. The van der Waals surface area contributed by atoms with Crippen molar-refractivity contribution in [3.63, 3.8) is 0 Å². The molecule has 3 heterocycles. The van der Waals surface area contributed by atoms with Crippen molar-refractivity contribution in [1.82, 2.24) is 20.0 Å². The van der Waals surface area contributed by atoms with Crippen LogP contribution >= 0.6 is 0 Å². The number of hydrogen-bond acceptors (Lipinski definition) is 3. The predicted molar refractivity (Wildman–Crippen MR) is 81.7 cm³/mol. The summed E-state index contributed by atoms with van der Waals surface area (Å²) < 4.78 is 2.17. The molecule has 4 nitrogen and oxygen atoms in total. The van der Waals surface area contributed by atoms with Crippen LogP contribution in [0.5, 0.6) is 0 Å². The lowest BCUT2D eigenvalue weighted by atomic mass is 9.94. The van der Waals surface area contributed by atoms with Crippen LogP contribution in [-0.4, -0.2) is 39.9 Å². The highest BCUT2D eigenvalue weighted by atomic mass is 15.3. The van der Waals surface area contributed by atoms with Gasteiger partial charge in [-0.25, -0.2) is 0 Å². The minimum Gasteiger partial charge on any atom is -0.312 e.